The van der Waals surface area contributed by atoms with Gasteiger partial charge in [-0.15, -0.1) is 0 Å². The summed E-state index contributed by atoms with van der Waals surface area (Å²) in [4.78, 5) is 11.7. The zero-order valence-electron chi connectivity index (χ0n) is 12.5. The fourth-order valence-corrected chi connectivity index (χ4v) is 1.91. The molecule has 1 aromatic rings. The lowest BCUT2D eigenvalue weighted by molar-refractivity contribution is -0.121. The molecule has 0 aliphatic rings. The molecule has 0 atom stereocenters. The first kappa shape index (κ1) is 16.3. The maximum Gasteiger partial charge on any atom is 0.220 e. The molecule has 0 heterocycles. The first-order chi connectivity index (χ1) is 9.71. The van der Waals surface area contributed by atoms with Gasteiger partial charge in [-0.25, -0.2) is 0 Å². The lowest BCUT2D eigenvalue weighted by Crippen LogP contribution is -2.26. The van der Waals surface area contributed by atoms with E-state index in [1.807, 2.05) is 25.2 Å². The number of carbonyl (C=O) groups excluding carboxylic acids is 1. The van der Waals surface area contributed by atoms with Crippen LogP contribution in [0.5, 0.6) is 11.5 Å². The van der Waals surface area contributed by atoms with E-state index >= 15 is 0 Å². The molecule has 2 N–H and O–H groups in total. The fourth-order valence-electron chi connectivity index (χ4n) is 1.91. The Balaban J connectivity index is 2.45. The summed E-state index contributed by atoms with van der Waals surface area (Å²) in [7, 11) is 5.15. The molecule has 1 rings (SSSR count). The summed E-state index contributed by atoms with van der Waals surface area (Å²) in [5.41, 5.74) is 0.984. The topological polar surface area (TPSA) is 59.6 Å². The molecule has 112 valence electrons. The molecule has 0 bridgehead atoms. The number of methoxy groups -OCH3 is 2. The van der Waals surface area contributed by atoms with Gasteiger partial charge >= 0.3 is 0 Å². The van der Waals surface area contributed by atoms with Gasteiger partial charge in [0.25, 0.3) is 0 Å². The molecule has 0 fully saturated rings. The number of rotatable bonds is 9. The van der Waals surface area contributed by atoms with Crippen LogP contribution in [0.2, 0.25) is 0 Å². The lowest BCUT2D eigenvalue weighted by atomic mass is 10.1. The van der Waals surface area contributed by atoms with Gasteiger partial charge in [0.05, 0.1) is 14.2 Å². The second-order valence-electron chi connectivity index (χ2n) is 4.48. The average Bonchev–Trinajstić information content (AvgIpc) is 2.49. The van der Waals surface area contributed by atoms with E-state index < -0.39 is 0 Å². The van der Waals surface area contributed by atoms with Crippen molar-refractivity contribution in [2.75, 3.05) is 34.4 Å². The molecule has 5 heteroatoms. The number of amides is 1. The third-order valence-corrected chi connectivity index (χ3v) is 3.03. The molecule has 0 aliphatic heterocycles. The van der Waals surface area contributed by atoms with Crippen molar-refractivity contribution in [2.45, 2.75) is 19.3 Å². The van der Waals surface area contributed by atoms with Gasteiger partial charge in [-0.3, -0.25) is 4.79 Å². The van der Waals surface area contributed by atoms with Crippen molar-refractivity contribution in [3.63, 3.8) is 0 Å². The van der Waals surface area contributed by atoms with Gasteiger partial charge < -0.3 is 20.1 Å². The minimum atomic E-state index is 0.0611. The highest BCUT2D eigenvalue weighted by Gasteiger charge is 2.08. The van der Waals surface area contributed by atoms with Crippen molar-refractivity contribution >= 4 is 5.91 Å². The van der Waals surface area contributed by atoms with Gasteiger partial charge in [-0.1, -0.05) is 0 Å². The third-order valence-electron chi connectivity index (χ3n) is 3.03. The summed E-state index contributed by atoms with van der Waals surface area (Å²) in [5, 5.41) is 5.95. The molecule has 0 spiro atoms. The van der Waals surface area contributed by atoms with Gasteiger partial charge in [-0.2, -0.15) is 0 Å². The SMILES string of the molecule is CNCCCNC(=O)CCc1cc(OC)ccc1OC. The van der Waals surface area contributed by atoms with Gasteiger partial charge in [0.15, 0.2) is 0 Å². The van der Waals surface area contributed by atoms with Crippen molar-refractivity contribution in [3.8, 4) is 11.5 Å². The van der Waals surface area contributed by atoms with E-state index in [-0.39, 0.29) is 5.91 Å². The zero-order valence-corrected chi connectivity index (χ0v) is 12.5. The van der Waals surface area contributed by atoms with Gasteiger partial charge in [0.2, 0.25) is 5.91 Å². The monoisotopic (exact) mass is 280 g/mol. The smallest absolute Gasteiger partial charge is 0.220 e. The summed E-state index contributed by atoms with van der Waals surface area (Å²) in [6.07, 6.45) is 2.02. The number of hydrogen-bond acceptors (Lipinski definition) is 4. The zero-order chi connectivity index (χ0) is 14.8. The quantitative estimate of drug-likeness (QED) is 0.671. The number of benzene rings is 1. The second-order valence-corrected chi connectivity index (χ2v) is 4.48. The highest BCUT2D eigenvalue weighted by molar-refractivity contribution is 5.76. The first-order valence-electron chi connectivity index (χ1n) is 6.83. The Kier molecular flexibility index (Phi) is 7.50. The van der Waals surface area contributed by atoms with Crippen LogP contribution >= 0.6 is 0 Å². The Morgan fingerprint density at radius 2 is 2.00 bits per heavy atom. The molecule has 0 aromatic heterocycles. The normalized spacial score (nSPS) is 10.2. The Bertz CT molecular complexity index is 422. The van der Waals surface area contributed by atoms with Crippen molar-refractivity contribution < 1.29 is 14.3 Å². The van der Waals surface area contributed by atoms with E-state index in [1.54, 1.807) is 14.2 Å². The second kappa shape index (κ2) is 9.20. The molecular formula is C15H24N2O3. The van der Waals surface area contributed by atoms with Crippen LogP contribution in [0, 0.1) is 0 Å². The molecule has 0 saturated carbocycles. The van der Waals surface area contributed by atoms with Gasteiger partial charge in [0, 0.05) is 13.0 Å². The van der Waals surface area contributed by atoms with Crippen LogP contribution in [-0.4, -0.2) is 40.3 Å². The number of aryl methyl sites for hydroxylation is 1. The molecule has 20 heavy (non-hydrogen) atoms. The fraction of sp³-hybridized carbons (Fsp3) is 0.533. The van der Waals surface area contributed by atoms with Crippen molar-refractivity contribution in [2.24, 2.45) is 0 Å². The summed E-state index contributed by atoms with van der Waals surface area (Å²) in [5.74, 6) is 1.62. The van der Waals surface area contributed by atoms with Crippen molar-refractivity contribution in [1.82, 2.24) is 10.6 Å². The van der Waals surface area contributed by atoms with E-state index in [4.69, 9.17) is 9.47 Å². The van der Waals surface area contributed by atoms with Crippen LogP contribution in [0.15, 0.2) is 18.2 Å². The van der Waals surface area contributed by atoms with Crippen LogP contribution in [0.1, 0.15) is 18.4 Å². The summed E-state index contributed by atoms with van der Waals surface area (Å²) < 4.78 is 10.5. The minimum absolute atomic E-state index is 0.0611. The van der Waals surface area contributed by atoms with Gasteiger partial charge in [0.1, 0.15) is 11.5 Å². The van der Waals surface area contributed by atoms with E-state index in [2.05, 4.69) is 10.6 Å². The Morgan fingerprint density at radius 1 is 1.20 bits per heavy atom. The van der Waals surface area contributed by atoms with Crippen LogP contribution < -0.4 is 20.1 Å². The summed E-state index contributed by atoms with van der Waals surface area (Å²) in [6, 6.07) is 5.62. The van der Waals surface area contributed by atoms with E-state index in [1.165, 1.54) is 0 Å². The van der Waals surface area contributed by atoms with E-state index in [0.717, 1.165) is 30.0 Å². The number of hydrogen-bond donors (Lipinski definition) is 2. The maximum atomic E-state index is 11.7. The molecule has 5 nitrogen and oxygen atoms in total. The number of nitrogens with one attached hydrogen (secondary N) is 2. The van der Waals surface area contributed by atoms with Gasteiger partial charge in [-0.05, 0) is 50.2 Å². The minimum Gasteiger partial charge on any atom is -0.497 e. The standard InChI is InChI=1S/C15H24N2O3/c1-16-9-4-10-17-15(18)8-5-12-11-13(19-2)6-7-14(12)20-3/h6-7,11,16H,4-5,8-10H2,1-3H3,(H,17,18). The third kappa shape index (κ3) is 5.48. The van der Waals surface area contributed by atoms with Crippen LogP contribution in [0.25, 0.3) is 0 Å². The molecule has 1 aromatic carbocycles. The largest absolute Gasteiger partial charge is 0.497 e. The molecule has 0 aliphatic carbocycles. The van der Waals surface area contributed by atoms with E-state index in [0.29, 0.717) is 19.4 Å². The Labute approximate surface area is 120 Å². The molecular weight excluding hydrogens is 256 g/mol. The molecule has 0 unspecified atom stereocenters. The summed E-state index contributed by atoms with van der Waals surface area (Å²) >= 11 is 0. The molecule has 0 radical (unpaired) electrons. The number of ether oxygens (including phenoxy) is 2. The van der Waals surface area contributed by atoms with Crippen LogP contribution in [0.4, 0.5) is 0 Å². The average molecular weight is 280 g/mol. The predicted molar refractivity (Wildman–Crippen MR) is 79.4 cm³/mol. The van der Waals surface area contributed by atoms with E-state index in [9.17, 15) is 4.79 Å². The Morgan fingerprint density at radius 3 is 2.65 bits per heavy atom. The van der Waals surface area contributed by atoms with Crippen LogP contribution in [-0.2, 0) is 11.2 Å². The molecule has 1 amide bonds. The molecule has 0 saturated heterocycles. The summed E-state index contributed by atoms with van der Waals surface area (Å²) in [6.45, 7) is 1.61. The van der Waals surface area contributed by atoms with Crippen LogP contribution in [0.3, 0.4) is 0 Å². The lowest BCUT2D eigenvalue weighted by Gasteiger charge is -2.10. The number of carbonyl (C=O) groups is 1. The first-order valence-corrected chi connectivity index (χ1v) is 6.83. The maximum absolute atomic E-state index is 11.7. The van der Waals surface area contributed by atoms with Crippen molar-refractivity contribution in [1.29, 1.82) is 0 Å². The predicted octanol–water partition coefficient (Wildman–Crippen LogP) is 1.36. The Hall–Kier alpha value is -1.75. The highest BCUT2D eigenvalue weighted by Crippen LogP contribution is 2.24. The highest BCUT2D eigenvalue weighted by atomic mass is 16.5. The van der Waals surface area contributed by atoms with Crippen molar-refractivity contribution in [3.05, 3.63) is 23.8 Å².